The summed E-state index contributed by atoms with van der Waals surface area (Å²) in [6, 6.07) is -0.534. The van der Waals surface area contributed by atoms with Crippen LogP contribution in [0.15, 0.2) is 0 Å². The predicted molar refractivity (Wildman–Crippen MR) is 36.9 cm³/mol. The number of urea groups is 1. The summed E-state index contributed by atoms with van der Waals surface area (Å²) in [7, 11) is 0. The number of likely N-dealkylation sites (tertiary alicyclic amines) is 1. The molecule has 1 aliphatic heterocycles. The van der Waals surface area contributed by atoms with Crippen LogP contribution in [0.1, 0.15) is 6.42 Å². The second-order valence-corrected chi connectivity index (χ2v) is 2.61. The van der Waals surface area contributed by atoms with E-state index in [1.807, 2.05) is 0 Å². The Morgan fingerprint density at radius 1 is 1.55 bits per heavy atom. The summed E-state index contributed by atoms with van der Waals surface area (Å²) in [5, 5.41) is 8.53. The van der Waals surface area contributed by atoms with Crippen LogP contribution in [0.5, 0.6) is 0 Å². The maximum atomic E-state index is 10.5. The van der Waals surface area contributed by atoms with E-state index in [0.717, 1.165) is 0 Å². The molecule has 1 fully saturated rings. The summed E-state index contributed by atoms with van der Waals surface area (Å²) in [6.07, 6.45) is 0.512. The number of carbonyl (C=O) groups is 2. The topological polar surface area (TPSA) is 83.6 Å². The van der Waals surface area contributed by atoms with Crippen molar-refractivity contribution in [3.63, 3.8) is 0 Å². The summed E-state index contributed by atoms with van der Waals surface area (Å²) in [4.78, 5) is 22.3. The highest BCUT2D eigenvalue weighted by Gasteiger charge is 2.29. The molecule has 11 heavy (non-hydrogen) atoms. The molecule has 1 atom stereocenters. The molecule has 1 saturated heterocycles. The minimum absolute atomic E-state index is 0.255. The van der Waals surface area contributed by atoms with Gasteiger partial charge in [-0.15, -0.1) is 0 Å². The van der Waals surface area contributed by atoms with Gasteiger partial charge in [-0.25, -0.2) is 4.79 Å². The largest absolute Gasteiger partial charge is 0.481 e. The summed E-state index contributed by atoms with van der Waals surface area (Å²) >= 11 is 0. The third-order valence-corrected chi connectivity index (χ3v) is 1.85. The highest BCUT2D eigenvalue weighted by molar-refractivity contribution is 5.75. The SMILES string of the molecule is NC(=O)N1CCC(C(=O)O)C1. The number of carboxylic acid groups (broad SMARTS) is 1. The number of carboxylic acids is 1. The first kappa shape index (κ1) is 7.84. The van der Waals surface area contributed by atoms with Crippen LogP contribution in [0.25, 0.3) is 0 Å². The Kier molecular flexibility index (Phi) is 1.98. The fourth-order valence-corrected chi connectivity index (χ4v) is 1.16. The average Bonchev–Trinajstić information content (AvgIpc) is 2.33. The Morgan fingerprint density at radius 3 is 2.45 bits per heavy atom. The van der Waals surface area contributed by atoms with E-state index >= 15 is 0 Å². The van der Waals surface area contributed by atoms with Gasteiger partial charge >= 0.3 is 12.0 Å². The standard InChI is InChI=1S/C6H10N2O3/c7-6(11)8-2-1-4(3-8)5(9)10/h4H,1-3H2,(H2,7,11)(H,9,10). The highest BCUT2D eigenvalue weighted by atomic mass is 16.4. The molecule has 0 aliphatic carbocycles. The fraction of sp³-hybridized carbons (Fsp3) is 0.667. The Balaban J connectivity index is 2.47. The molecule has 5 heteroatoms. The molecule has 2 amide bonds. The second-order valence-electron chi connectivity index (χ2n) is 2.61. The van der Waals surface area contributed by atoms with Crippen LogP contribution in [-0.4, -0.2) is 35.1 Å². The molecular weight excluding hydrogens is 148 g/mol. The zero-order valence-corrected chi connectivity index (χ0v) is 5.99. The van der Waals surface area contributed by atoms with Crippen LogP contribution in [0.3, 0.4) is 0 Å². The van der Waals surface area contributed by atoms with Crippen LogP contribution in [0, 0.1) is 5.92 Å². The quantitative estimate of drug-likeness (QED) is 0.538. The van der Waals surface area contributed by atoms with Gasteiger partial charge in [0.05, 0.1) is 5.92 Å². The van der Waals surface area contributed by atoms with Crippen molar-refractivity contribution in [2.75, 3.05) is 13.1 Å². The van der Waals surface area contributed by atoms with E-state index in [4.69, 9.17) is 10.8 Å². The molecule has 3 N–H and O–H groups in total. The molecule has 1 unspecified atom stereocenters. The summed E-state index contributed by atoms with van der Waals surface area (Å²) in [5.74, 6) is -1.28. The van der Waals surface area contributed by atoms with Gasteiger partial charge in [-0.2, -0.15) is 0 Å². The van der Waals surface area contributed by atoms with Gasteiger partial charge in [-0.05, 0) is 6.42 Å². The molecule has 0 bridgehead atoms. The Bertz CT molecular complexity index is 172. The van der Waals surface area contributed by atoms with Crippen LogP contribution < -0.4 is 5.73 Å². The van der Waals surface area contributed by atoms with Gasteiger partial charge in [0.1, 0.15) is 0 Å². The molecule has 62 valence electrons. The monoisotopic (exact) mass is 158 g/mol. The summed E-state index contributed by atoms with van der Waals surface area (Å²) in [5.41, 5.74) is 4.95. The normalized spacial score (nSPS) is 23.6. The van der Waals surface area contributed by atoms with E-state index in [1.165, 1.54) is 4.90 Å². The smallest absolute Gasteiger partial charge is 0.314 e. The van der Waals surface area contributed by atoms with Crippen molar-refractivity contribution in [2.24, 2.45) is 11.7 Å². The maximum absolute atomic E-state index is 10.5. The molecule has 1 rings (SSSR count). The number of rotatable bonds is 1. The number of hydrogen-bond acceptors (Lipinski definition) is 2. The van der Waals surface area contributed by atoms with Crippen molar-refractivity contribution in [3.05, 3.63) is 0 Å². The number of carbonyl (C=O) groups excluding carboxylic acids is 1. The maximum Gasteiger partial charge on any atom is 0.314 e. The predicted octanol–water partition coefficient (Wildman–Crippen LogP) is -0.528. The zero-order chi connectivity index (χ0) is 8.43. The van der Waals surface area contributed by atoms with E-state index in [1.54, 1.807) is 0 Å². The van der Waals surface area contributed by atoms with Crippen molar-refractivity contribution < 1.29 is 14.7 Å². The van der Waals surface area contributed by atoms with Crippen LogP contribution in [0.2, 0.25) is 0 Å². The zero-order valence-electron chi connectivity index (χ0n) is 5.99. The Hall–Kier alpha value is -1.26. The molecule has 5 nitrogen and oxygen atoms in total. The number of amides is 2. The first-order chi connectivity index (χ1) is 5.11. The van der Waals surface area contributed by atoms with Gasteiger partial charge in [0.25, 0.3) is 0 Å². The van der Waals surface area contributed by atoms with Crippen LogP contribution in [-0.2, 0) is 4.79 Å². The van der Waals surface area contributed by atoms with E-state index in [2.05, 4.69) is 0 Å². The lowest BCUT2D eigenvalue weighted by Gasteiger charge is -2.10. The lowest BCUT2D eigenvalue weighted by Crippen LogP contribution is -2.34. The van der Waals surface area contributed by atoms with Gasteiger partial charge in [0.2, 0.25) is 0 Å². The first-order valence-electron chi connectivity index (χ1n) is 3.38. The van der Waals surface area contributed by atoms with Crippen molar-refractivity contribution in [1.29, 1.82) is 0 Å². The molecule has 0 spiro atoms. The van der Waals surface area contributed by atoms with E-state index in [-0.39, 0.29) is 6.54 Å². The number of nitrogens with two attached hydrogens (primary N) is 1. The fourth-order valence-electron chi connectivity index (χ4n) is 1.16. The molecule has 0 saturated carbocycles. The molecule has 0 aromatic rings. The third-order valence-electron chi connectivity index (χ3n) is 1.85. The van der Waals surface area contributed by atoms with E-state index < -0.39 is 17.9 Å². The van der Waals surface area contributed by atoms with Gasteiger partial charge in [0.15, 0.2) is 0 Å². The number of aliphatic carboxylic acids is 1. The van der Waals surface area contributed by atoms with Crippen molar-refractivity contribution >= 4 is 12.0 Å². The lowest BCUT2D eigenvalue weighted by atomic mass is 10.1. The third kappa shape index (κ3) is 1.60. The van der Waals surface area contributed by atoms with Gasteiger partial charge in [-0.1, -0.05) is 0 Å². The van der Waals surface area contributed by atoms with E-state index in [0.29, 0.717) is 13.0 Å². The lowest BCUT2D eigenvalue weighted by molar-refractivity contribution is -0.141. The number of nitrogens with zero attached hydrogens (tertiary/aromatic N) is 1. The minimum atomic E-state index is -0.853. The molecule has 0 radical (unpaired) electrons. The summed E-state index contributed by atoms with van der Waals surface area (Å²) in [6.45, 7) is 0.719. The minimum Gasteiger partial charge on any atom is -0.481 e. The highest BCUT2D eigenvalue weighted by Crippen LogP contribution is 2.15. The molecule has 0 aromatic heterocycles. The van der Waals surface area contributed by atoms with Gasteiger partial charge in [0, 0.05) is 13.1 Å². The van der Waals surface area contributed by atoms with E-state index in [9.17, 15) is 9.59 Å². The summed E-state index contributed by atoms with van der Waals surface area (Å²) < 4.78 is 0. The molecule has 1 aliphatic rings. The van der Waals surface area contributed by atoms with Crippen LogP contribution in [0.4, 0.5) is 4.79 Å². The molecular formula is C6H10N2O3. The first-order valence-corrected chi connectivity index (χ1v) is 3.38. The average molecular weight is 158 g/mol. The van der Waals surface area contributed by atoms with Crippen LogP contribution >= 0.6 is 0 Å². The van der Waals surface area contributed by atoms with Crippen molar-refractivity contribution in [1.82, 2.24) is 4.90 Å². The van der Waals surface area contributed by atoms with Gasteiger partial charge < -0.3 is 15.7 Å². The second kappa shape index (κ2) is 2.77. The van der Waals surface area contributed by atoms with Crippen molar-refractivity contribution in [2.45, 2.75) is 6.42 Å². The Morgan fingerprint density at radius 2 is 2.18 bits per heavy atom. The van der Waals surface area contributed by atoms with Gasteiger partial charge in [-0.3, -0.25) is 4.79 Å². The number of primary amides is 1. The Labute approximate surface area is 63.8 Å². The molecule has 0 aromatic carbocycles. The molecule has 1 heterocycles. The van der Waals surface area contributed by atoms with Crippen molar-refractivity contribution in [3.8, 4) is 0 Å². The number of hydrogen-bond donors (Lipinski definition) is 2.